The van der Waals surface area contributed by atoms with E-state index in [1.165, 1.54) is 7.11 Å². The maximum atomic E-state index is 11.9. The van der Waals surface area contributed by atoms with E-state index in [1.807, 2.05) is 0 Å². The molecule has 1 N–H and O–H groups in total. The fourth-order valence-electron chi connectivity index (χ4n) is 1.80. The highest BCUT2D eigenvalue weighted by Gasteiger charge is 2.22. The smallest absolute Gasteiger partial charge is 0.361 e. The van der Waals surface area contributed by atoms with Crippen LogP contribution >= 0.6 is 15.9 Å². The first-order valence-corrected chi connectivity index (χ1v) is 6.91. The summed E-state index contributed by atoms with van der Waals surface area (Å²) in [7, 11) is 3.08. The summed E-state index contributed by atoms with van der Waals surface area (Å²) in [6.07, 6.45) is 0. The van der Waals surface area contributed by atoms with Crippen LogP contribution in [-0.2, 0) is 4.74 Å². The minimum atomic E-state index is -0.539. The van der Waals surface area contributed by atoms with Gasteiger partial charge in [0.15, 0.2) is 17.2 Å². The Bertz CT molecular complexity index is 657. The zero-order chi connectivity index (χ0) is 15.4. The van der Waals surface area contributed by atoms with Crippen LogP contribution in [0, 0.1) is 0 Å². The summed E-state index contributed by atoms with van der Waals surface area (Å²) in [4.78, 5) is 11.9. The van der Waals surface area contributed by atoms with Gasteiger partial charge in [-0.3, -0.25) is 0 Å². The summed E-state index contributed by atoms with van der Waals surface area (Å²) in [6, 6.07) is 3.45. The molecule has 0 saturated carbocycles. The molecule has 2 rings (SSSR count). The van der Waals surface area contributed by atoms with Crippen LogP contribution in [0.1, 0.15) is 17.4 Å². The van der Waals surface area contributed by atoms with E-state index in [0.717, 1.165) is 0 Å². The molecule has 0 amide bonds. The molecule has 1 aromatic heterocycles. The van der Waals surface area contributed by atoms with Crippen LogP contribution < -0.4 is 9.47 Å². The van der Waals surface area contributed by atoms with Gasteiger partial charge in [0.05, 0.1) is 20.8 Å². The molecule has 0 aliphatic carbocycles. The van der Waals surface area contributed by atoms with E-state index in [2.05, 4.69) is 31.3 Å². The lowest BCUT2D eigenvalue weighted by Crippen LogP contribution is -2.07. The SMILES string of the molecule is CCOC(=O)c1n[nH]nc1-c1cc(OC)c(OC)cc1Br. The van der Waals surface area contributed by atoms with Gasteiger partial charge in [0, 0.05) is 10.0 Å². The van der Waals surface area contributed by atoms with Crippen molar-refractivity contribution in [2.45, 2.75) is 6.92 Å². The predicted molar refractivity (Wildman–Crippen MR) is 78.6 cm³/mol. The third-order valence-electron chi connectivity index (χ3n) is 2.75. The number of aromatic amines is 1. The van der Waals surface area contributed by atoms with Crippen molar-refractivity contribution in [1.29, 1.82) is 0 Å². The first-order valence-electron chi connectivity index (χ1n) is 6.12. The molecular formula is C13H14BrN3O4. The average molecular weight is 356 g/mol. The molecule has 0 atom stereocenters. The van der Waals surface area contributed by atoms with Crippen LogP contribution in [0.3, 0.4) is 0 Å². The van der Waals surface area contributed by atoms with Crippen molar-refractivity contribution >= 4 is 21.9 Å². The van der Waals surface area contributed by atoms with Gasteiger partial charge >= 0.3 is 5.97 Å². The fourth-order valence-corrected chi connectivity index (χ4v) is 2.31. The molecule has 0 unspecified atom stereocenters. The van der Waals surface area contributed by atoms with Crippen LogP contribution in [0.5, 0.6) is 11.5 Å². The molecule has 8 heteroatoms. The molecule has 0 spiro atoms. The highest BCUT2D eigenvalue weighted by molar-refractivity contribution is 9.10. The van der Waals surface area contributed by atoms with Crippen LogP contribution in [0.4, 0.5) is 0 Å². The zero-order valence-corrected chi connectivity index (χ0v) is 13.4. The minimum Gasteiger partial charge on any atom is -0.493 e. The Balaban J connectivity index is 2.52. The van der Waals surface area contributed by atoms with E-state index >= 15 is 0 Å². The van der Waals surface area contributed by atoms with Gasteiger partial charge in [-0.2, -0.15) is 10.3 Å². The topological polar surface area (TPSA) is 86.3 Å². The first kappa shape index (κ1) is 15.3. The molecule has 112 valence electrons. The summed E-state index contributed by atoms with van der Waals surface area (Å²) in [5, 5.41) is 10.3. The third-order valence-corrected chi connectivity index (χ3v) is 3.40. The first-order chi connectivity index (χ1) is 10.1. The molecule has 0 saturated heterocycles. The van der Waals surface area contributed by atoms with Crippen molar-refractivity contribution in [3.05, 3.63) is 22.3 Å². The number of nitrogens with zero attached hydrogens (tertiary/aromatic N) is 2. The summed E-state index contributed by atoms with van der Waals surface area (Å²) in [5.74, 6) is 0.547. The van der Waals surface area contributed by atoms with Crippen LogP contribution in [-0.4, -0.2) is 42.2 Å². The standard InChI is InChI=1S/C13H14BrN3O4/c1-4-21-13(18)12-11(15-17-16-12)7-5-9(19-2)10(20-3)6-8(7)14/h5-6H,4H2,1-3H3,(H,15,16,17). The van der Waals surface area contributed by atoms with Gasteiger partial charge in [-0.25, -0.2) is 4.79 Å². The lowest BCUT2D eigenvalue weighted by molar-refractivity contribution is 0.0520. The number of benzene rings is 1. The average Bonchev–Trinajstić information content (AvgIpc) is 2.96. The van der Waals surface area contributed by atoms with Crippen molar-refractivity contribution in [2.24, 2.45) is 0 Å². The van der Waals surface area contributed by atoms with E-state index in [9.17, 15) is 4.79 Å². The number of aromatic nitrogens is 3. The highest BCUT2D eigenvalue weighted by atomic mass is 79.9. The fraction of sp³-hybridized carbons (Fsp3) is 0.308. The maximum absolute atomic E-state index is 11.9. The Morgan fingerprint density at radius 3 is 2.52 bits per heavy atom. The molecule has 1 aromatic carbocycles. The van der Waals surface area contributed by atoms with E-state index < -0.39 is 5.97 Å². The molecule has 0 aliphatic heterocycles. The number of hydrogen-bond donors (Lipinski definition) is 1. The number of H-pyrrole nitrogens is 1. The second-order valence-electron chi connectivity index (χ2n) is 3.93. The summed E-state index contributed by atoms with van der Waals surface area (Å²) >= 11 is 3.43. The number of nitrogens with one attached hydrogen (secondary N) is 1. The number of methoxy groups -OCH3 is 2. The number of carbonyl (C=O) groups is 1. The summed E-state index contributed by atoms with van der Waals surface area (Å²) in [5.41, 5.74) is 1.13. The van der Waals surface area contributed by atoms with Gasteiger partial charge in [-0.15, -0.1) is 5.10 Å². The Morgan fingerprint density at radius 1 is 1.24 bits per heavy atom. The Hall–Kier alpha value is -2.09. The molecule has 7 nitrogen and oxygen atoms in total. The Kier molecular flexibility index (Phi) is 4.79. The van der Waals surface area contributed by atoms with Crippen molar-refractivity contribution in [3.8, 4) is 22.8 Å². The van der Waals surface area contributed by atoms with Gasteiger partial charge in [0.1, 0.15) is 5.69 Å². The normalized spacial score (nSPS) is 10.3. The third kappa shape index (κ3) is 2.99. The van der Waals surface area contributed by atoms with Crippen molar-refractivity contribution in [2.75, 3.05) is 20.8 Å². The molecular weight excluding hydrogens is 342 g/mol. The molecule has 1 heterocycles. The molecule has 0 bridgehead atoms. The molecule has 0 radical (unpaired) electrons. The molecule has 2 aromatic rings. The quantitative estimate of drug-likeness (QED) is 0.828. The van der Waals surface area contributed by atoms with Gasteiger partial charge in [-0.1, -0.05) is 0 Å². The van der Waals surface area contributed by atoms with Crippen LogP contribution in [0.2, 0.25) is 0 Å². The number of hydrogen-bond acceptors (Lipinski definition) is 6. The molecule has 0 aliphatic rings. The number of esters is 1. The van der Waals surface area contributed by atoms with E-state index in [4.69, 9.17) is 14.2 Å². The van der Waals surface area contributed by atoms with Gasteiger partial charge in [-0.05, 0) is 35.0 Å². The Labute approximate surface area is 129 Å². The number of rotatable bonds is 5. The lowest BCUT2D eigenvalue weighted by Gasteiger charge is -2.11. The summed E-state index contributed by atoms with van der Waals surface area (Å²) in [6.45, 7) is 1.99. The molecule has 21 heavy (non-hydrogen) atoms. The van der Waals surface area contributed by atoms with Crippen molar-refractivity contribution in [3.63, 3.8) is 0 Å². The maximum Gasteiger partial charge on any atom is 0.361 e. The van der Waals surface area contributed by atoms with Gasteiger partial charge in [0.2, 0.25) is 0 Å². The van der Waals surface area contributed by atoms with Crippen molar-refractivity contribution < 1.29 is 19.0 Å². The van der Waals surface area contributed by atoms with E-state index in [0.29, 0.717) is 27.2 Å². The number of ether oxygens (including phenoxy) is 3. The minimum absolute atomic E-state index is 0.116. The highest BCUT2D eigenvalue weighted by Crippen LogP contribution is 2.38. The zero-order valence-electron chi connectivity index (χ0n) is 11.8. The van der Waals surface area contributed by atoms with Crippen LogP contribution in [0.15, 0.2) is 16.6 Å². The van der Waals surface area contributed by atoms with Crippen LogP contribution in [0.25, 0.3) is 11.3 Å². The monoisotopic (exact) mass is 355 g/mol. The number of carbonyl (C=O) groups excluding carboxylic acids is 1. The van der Waals surface area contributed by atoms with Gasteiger partial charge in [0.25, 0.3) is 0 Å². The molecule has 0 fully saturated rings. The lowest BCUT2D eigenvalue weighted by atomic mass is 10.1. The number of halogens is 1. The Morgan fingerprint density at radius 2 is 1.90 bits per heavy atom. The van der Waals surface area contributed by atoms with Crippen molar-refractivity contribution in [1.82, 2.24) is 15.4 Å². The van der Waals surface area contributed by atoms with E-state index in [1.54, 1.807) is 26.2 Å². The second-order valence-corrected chi connectivity index (χ2v) is 4.78. The second kappa shape index (κ2) is 6.57. The predicted octanol–water partition coefficient (Wildman–Crippen LogP) is 2.43. The van der Waals surface area contributed by atoms with Gasteiger partial charge < -0.3 is 14.2 Å². The summed E-state index contributed by atoms with van der Waals surface area (Å²) < 4.78 is 16.1. The largest absolute Gasteiger partial charge is 0.493 e. The van der Waals surface area contributed by atoms with E-state index in [-0.39, 0.29) is 12.3 Å².